The van der Waals surface area contributed by atoms with Crippen LogP contribution in [-0.2, 0) is 26.2 Å². The van der Waals surface area contributed by atoms with E-state index < -0.39 is 28.5 Å². The molecule has 1 saturated carbocycles. The van der Waals surface area contributed by atoms with Gasteiger partial charge < -0.3 is 15.0 Å². The molecule has 0 radical (unpaired) electrons. The van der Waals surface area contributed by atoms with E-state index in [1.165, 1.54) is 29.2 Å². The van der Waals surface area contributed by atoms with Gasteiger partial charge in [0.2, 0.25) is 11.8 Å². The van der Waals surface area contributed by atoms with Crippen molar-refractivity contribution in [3.05, 3.63) is 87.9 Å². The van der Waals surface area contributed by atoms with Crippen molar-refractivity contribution in [3.63, 3.8) is 0 Å². The second-order valence-corrected chi connectivity index (χ2v) is 13.4. The van der Waals surface area contributed by atoms with Crippen LogP contribution < -0.4 is 14.4 Å². The van der Waals surface area contributed by atoms with Crippen LogP contribution in [0.1, 0.15) is 50.2 Å². The van der Waals surface area contributed by atoms with Crippen LogP contribution in [-0.4, -0.2) is 50.9 Å². The van der Waals surface area contributed by atoms with Gasteiger partial charge in [0.05, 0.1) is 22.7 Å². The first-order chi connectivity index (χ1) is 20.5. The van der Waals surface area contributed by atoms with Crippen LogP contribution in [0.5, 0.6) is 5.75 Å². The van der Waals surface area contributed by atoms with E-state index in [4.69, 9.17) is 27.9 Å². The number of anilines is 1. The van der Waals surface area contributed by atoms with Gasteiger partial charge in [0, 0.05) is 17.6 Å². The molecule has 8 nitrogen and oxygen atoms in total. The van der Waals surface area contributed by atoms with E-state index in [1.54, 1.807) is 43.5 Å². The molecule has 0 spiro atoms. The first-order valence-corrected chi connectivity index (χ1v) is 16.5. The Balaban J connectivity index is 1.75. The summed E-state index contributed by atoms with van der Waals surface area (Å²) >= 11 is 12.8. The van der Waals surface area contributed by atoms with E-state index in [1.807, 2.05) is 19.9 Å². The van der Waals surface area contributed by atoms with Crippen molar-refractivity contribution in [3.8, 4) is 5.75 Å². The maximum absolute atomic E-state index is 14.3. The molecule has 0 aliphatic heterocycles. The summed E-state index contributed by atoms with van der Waals surface area (Å²) in [6, 6.07) is 17.2. The lowest BCUT2D eigenvalue weighted by Gasteiger charge is -2.34. The van der Waals surface area contributed by atoms with Gasteiger partial charge in [-0.3, -0.25) is 13.9 Å². The molecule has 230 valence electrons. The van der Waals surface area contributed by atoms with Gasteiger partial charge in [-0.25, -0.2) is 8.42 Å². The number of nitrogens with one attached hydrogen (secondary N) is 1. The molecule has 1 aliphatic carbocycles. The highest BCUT2D eigenvalue weighted by Crippen LogP contribution is 2.33. The van der Waals surface area contributed by atoms with Crippen molar-refractivity contribution >= 4 is 50.7 Å². The van der Waals surface area contributed by atoms with E-state index in [0.717, 1.165) is 41.1 Å². The number of sulfonamides is 1. The Hall–Kier alpha value is -3.27. The Bertz CT molecular complexity index is 1540. The number of carbonyl (C=O) groups excluding carboxylic acids is 2. The third-order valence-electron chi connectivity index (χ3n) is 7.64. The van der Waals surface area contributed by atoms with Crippen molar-refractivity contribution in [2.75, 3.05) is 18.0 Å². The Morgan fingerprint density at radius 1 is 1.02 bits per heavy atom. The Kier molecular flexibility index (Phi) is 11.0. The largest absolute Gasteiger partial charge is 0.497 e. The predicted octanol–water partition coefficient (Wildman–Crippen LogP) is 6.37. The van der Waals surface area contributed by atoms with Crippen LogP contribution in [0.3, 0.4) is 0 Å². The molecule has 0 bridgehead atoms. The van der Waals surface area contributed by atoms with Crippen LogP contribution in [0.4, 0.5) is 5.69 Å². The van der Waals surface area contributed by atoms with Gasteiger partial charge in [-0.1, -0.05) is 72.8 Å². The second-order valence-electron chi connectivity index (χ2n) is 10.7. The van der Waals surface area contributed by atoms with Gasteiger partial charge in [-0.05, 0) is 74.2 Å². The van der Waals surface area contributed by atoms with Crippen LogP contribution in [0, 0.1) is 6.92 Å². The number of hydrogen-bond acceptors (Lipinski definition) is 5. The molecule has 3 aromatic carbocycles. The summed E-state index contributed by atoms with van der Waals surface area (Å²) < 4.78 is 34.5. The monoisotopic (exact) mass is 645 g/mol. The topological polar surface area (TPSA) is 96.0 Å². The molecule has 2 amide bonds. The standard InChI is InChI=1S/C32H37Cl2N3O5S/c1-4-29(32(39)35-25-9-5-6-10-25)36(20-23-8-7-11-26(18-23)42-3)31(38)21-37(30-19-24(33)14-17-28(30)34)43(40,41)27-15-12-22(2)13-16-27/h7-8,11-19,25,29H,4-6,9-10,20-21H2,1-3H3,(H,35,39)/t29-/m0/s1. The lowest BCUT2D eigenvalue weighted by molar-refractivity contribution is -0.140. The minimum Gasteiger partial charge on any atom is -0.497 e. The number of aryl methyl sites for hydroxylation is 1. The molecule has 0 heterocycles. The molecule has 1 aliphatic rings. The van der Waals surface area contributed by atoms with Gasteiger partial charge in [-0.2, -0.15) is 0 Å². The maximum Gasteiger partial charge on any atom is 0.264 e. The number of benzene rings is 3. The lowest BCUT2D eigenvalue weighted by atomic mass is 10.1. The van der Waals surface area contributed by atoms with Gasteiger partial charge in [0.25, 0.3) is 10.0 Å². The van der Waals surface area contributed by atoms with Gasteiger partial charge >= 0.3 is 0 Å². The fourth-order valence-corrected chi connectivity index (χ4v) is 7.14. The zero-order valence-electron chi connectivity index (χ0n) is 24.6. The minimum absolute atomic E-state index is 0.00712. The zero-order valence-corrected chi connectivity index (χ0v) is 26.9. The van der Waals surface area contributed by atoms with Gasteiger partial charge in [-0.15, -0.1) is 0 Å². The van der Waals surface area contributed by atoms with Crippen LogP contribution in [0.25, 0.3) is 0 Å². The molecule has 1 fully saturated rings. The fraction of sp³-hybridized carbons (Fsp3) is 0.375. The molecular weight excluding hydrogens is 609 g/mol. The molecule has 0 aromatic heterocycles. The van der Waals surface area contributed by atoms with E-state index in [2.05, 4.69) is 5.32 Å². The first-order valence-electron chi connectivity index (χ1n) is 14.3. The molecule has 1 atom stereocenters. The normalized spacial score (nSPS) is 14.3. The van der Waals surface area contributed by atoms with Crippen LogP contribution >= 0.6 is 23.2 Å². The number of hydrogen-bond donors (Lipinski definition) is 1. The number of ether oxygens (including phenoxy) is 1. The van der Waals surface area contributed by atoms with Crippen molar-refractivity contribution in [1.82, 2.24) is 10.2 Å². The van der Waals surface area contributed by atoms with Crippen molar-refractivity contribution in [2.45, 2.75) is 69.5 Å². The van der Waals surface area contributed by atoms with Crippen LogP contribution in [0.2, 0.25) is 10.0 Å². The Labute approximate surface area is 264 Å². The molecule has 1 N–H and O–H groups in total. The van der Waals surface area contributed by atoms with Crippen molar-refractivity contribution in [1.29, 1.82) is 0 Å². The molecule has 0 saturated heterocycles. The summed E-state index contributed by atoms with van der Waals surface area (Å²) in [5.41, 5.74) is 1.67. The fourth-order valence-electron chi connectivity index (χ4n) is 5.28. The number of carbonyl (C=O) groups is 2. The molecule has 0 unspecified atom stereocenters. The summed E-state index contributed by atoms with van der Waals surface area (Å²) in [6.07, 6.45) is 4.20. The number of methoxy groups -OCH3 is 1. The summed E-state index contributed by atoms with van der Waals surface area (Å²) in [5, 5.41) is 3.47. The number of nitrogens with zero attached hydrogens (tertiary/aromatic N) is 2. The highest BCUT2D eigenvalue weighted by molar-refractivity contribution is 7.92. The number of halogens is 2. The van der Waals surface area contributed by atoms with Crippen molar-refractivity contribution < 1.29 is 22.7 Å². The zero-order chi connectivity index (χ0) is 31.1. The van der Waals surface area contributed by atoms with E-state index >= 15 is 0 Å². The highest BCUT2D eigenvalue weighted by Gasteiger charge is 2.35. The molecule has 11 heteroatoms. The predicted molar refractivity (Wildman–Crippen MR) is 170 cm³/mol. The van der Waals surface area contributed by atoms with Gasteiger partial charge in [0.1, 0.15) is 18.3 Å². The third kappa shape index (κ3) is 8.02. The average Bonchev–Trinajstić information content (AvgIpc) is 3.50. The SMILES string of the molecule is CC[C@@H](C(=O)NC1CCCC1)N(Cc1cccc(OC)c1)C(=O)CN(c1cc(Cl)ccc1Cl)S(=O)(=O)c1ccc(C)cc1. The van der Waals surface area contributed by atoms with E-state index in [0.29, 0.717) is 12.2 Å². The average molecular weight is 647 g/mol. The summed E-state index contributed by atoms with van der Waals surface area (Å²) in [7, 11) is -2.72. The summed E-state index contributed by atoms with van der Waals surface area (Å²) in [6.45, 7) is 3.14. The molecular formula is C32H37Cl2N3O5S. The smallest absolute Gasteiger partial charge is 0.264 e. The highest BCUT2D eigenvalue weighted by atomic mass is 35.5. The number of amides is 2. The first kappa shape index (κ1) is 32.6. The molecule has 43 heavy (non-hydrogen) atoms. The quantitative estimate of drug-likeness (QED) is 0.247. The summed E-state index contributed by atoms with van der Waals surface area (Å²) in [5.74, 6) is -0.231. The van der Waals surface area contributed by atoms with Gasteiger partial charge in [0.15, 0.2) is 0 Å². The molecule has 3 aromatic rings. The lowest BCUT2D eigenvalue weighted by Crippen LogP contribution is -2.53. The Morgan fingerprint density at radius 3 is 2.37 bits per heavy atom. The van der Waals surface area contributed by atoms with Crippen molar-refractivity contribution in [2.24, 2.45) is 0 Å². The minimum atomic E-state index is -4.27. The van der Waals surface area contributed by atoms with E-state index in [9.17, 15) is 18.0 Å². The third-order valence-corrected chi connectivity index (χ3v) is 9.97. The number of rotatable bonds is 12. The van der Waals surface area contributed by atoms with Crippen LogP contribution in [0.15, 0.2) is 71.6 Å². The second kappa shape index (κ2) is 14.5. The maximum atomic E-state index is 14.3. The van der Waals surface area contributed by atoms with E-state index in [-0.39, 0.29) is 39.1 Å². The molecule has 4 rings (SSSR count). The summed E-state index contributed by atoms with van der Waals surface area (Å²) in [4.78, 5) is 29.3. The Morgan fingerprint density at radius 2 is 1.72 bits per heavy atom.